The Bertz CT molecular complexity index is 1200. The van der Waals surface area contributed by atoms with Crippen molar-refractivity contribution in [3.63, 3.8) is 0 Å². The number of hydrogen-bond donors (Lipinski definition) is 3. The van der Waals surface area contributed by atoms with Crippen molar-refractivity contribution in [2.45, 2.75) is 32.7 Å². The minimum Gasteiger partial charge on any atom is -0.381 e. The molecule has 0 aliphatic carbocycles. The molecule has 0 saturated carbocycles. The van der Waals surface area contributed by atoms with Crippen LogP contribution < -0.4 is 21.3 Å². The van der Waals surface area contributed by atoms with Gasteiger partial charge in [0.25, 0.3) is 0 Å². The monoisotopic (exact) mass is 430 g/mol. The van der Waals surface area contributed by atoms with Gasteiger partial charge in [-0.05, 0) is 51.0 Å². The molecule has 0 amide bonds. The van der Waals surface area contributed by atoms with E-state index < -0.39 is 0 Å². The lowest BCUT2D eigenvalue weighted by atomic mass is 9.97. The Balaban J connectivity index is 1.49. The average molecular weight is 431 g/mol. The van der Waals surface area contributed by atoms with Gasteiger partial charge < -0.3 is 15.5 Å². The number of nitrogens with one attached hydrogen (secondary N) is 3. The van der Waals surface area contributed by atoms with Gasteiger partial charge in [0.05, 0.1) is 40.5 Å². The number of pyridine rings is 1. The molecular formula is C23H26N8O. The molecule has 3 aromatic rings. The molecule has 9 heteroatoms. The van der Waals surface area contributed by atoms with Crippen LogP contribution in [0.15, 0.2) is 48.6 Å². The number of hydrogen-bond acceptors (Lipinski definition) is 8. The van der Waals surface area contributed by atoms with Gasteiger partial charge in [0.1, 0.15) is 11.8 Å². The SMILES string of the molecule is CC(C)Nc1cc(-c2ccc3cc(C#N)cnn23)ncc1N1C=C(C2CCOCC2)NN1. The van der Waals surface area contributed by atoms with Gasteiger partial charge in [-0.25, -0.2) is 4.52 Å². The standard InChI is InChI=1S/C23H26N8O/c1-15(2)27-20-10-19(22-4-3-18-9-16(11-24)12-26-31(18)22)25-13-23(20)30-14-21(28-29-30)17-5-7-32-8-6-17/h3-4,9-10,12-15,17,28-29H,5-8H2,1-2H3,(H,25,27). The molecule has 0 unspecified atom stereocenters. The minimum absolute atomic E-state index is 0.249. The van der Waals surface area contributed by atoms with E-state index in [1.165, 1.54) is 5.70 Å². The van der Waals surface area contributed by atoms with Crippen LogP contribution in [0.4, 0.5) is 11.4 Å². The van der Waals surface area contributed by atoms with Crippen molar-refractivity contribution in [3.05, 3.63) is 54.1 Å². The molecule has 5 rings (SSSR count). The highest BCUT2D eigenvalue weighted by Crippen LogP contribution is 2.33. The zero-order valence-corrected chi connectivity index (χ0v) is 18.2. The van der Waals surface area contributed by atoms with Gasteiger partial charge in [0, 0.05) is 37.1 Å². The number of ether oxygens (including phenoxy) is 1. The predicted molar refractivity (Wildman–Crippen MR) is 122 cm³/mol. The van der Waals surface area contributed by atoms with Gasteiger partial charge in [-0.15, -0.1) is 5.53 Å². The number of nitrogens with zero attached hydrogens (tertiary/aromatic N) is 5. The Morgan fingerprint density at radius 3 is 2.84 bits per heavy atom. The first kappa shape index (κ1) is 20.3. The summed E-state index contributed by atoms with van der Waals surface area (Å²) < 4.78 is 7.30. The fourth-order valence-corrected chi connectivity index (χ4v) is 4.14. The predicted octanol–water partition coefficient (Wildman–Crippen LogP) is 3.19. The van der Waals surface area contributed by atoms with Crippen molar-refractivity contribution < 1.29 is 4.74 Å². The molecule has 3 aromatic heterocycles. The third-order valence-electron chi connectivity index (χ3n) is 5.73. The van der Waals surface area contributed by atoms with Gasteiger partial charge in [-0.2, -0.15) is 10.4 Å². The zero-order chi connectivity index (χ0) is 22.1. The number of rotatable bonds is 5. The summed E-state index contributed by atoms with van der Waals surface area (Å²) >= 11 is 0. The molecule has 0 aromatic carbocycles. The van der Waals surface area contributed by atoms with Crippen LogP contribution in [0.2, 0.25) is 0 Å². The summed E-state index contributed by atoms with van der Waals surface area (Å²) in [7, 11) is 0. The Morgan fingerprint density at radius 1 is 1.22 bits per heavy atom. The summed E-state index contributed by atoms with van der Waals surface area (Å²) in [5.41, 5.74) is 12.7. The molecule has 0 bridgehead atoms. The van der Waals surface area contributed by atoms with E-state index in [2.05, 4.69) is 47.5 Å². The molecule has 3 N–H and O–H groups in total. The lowest BCUT2D eigenvalue weighted by Crippen LogP contribution is -2.38. The molecule has 0 spiro atoms. The second-order valence-corrected chi connectivity index (χ2v) is 8.37. The van der Waals surface area contributed by atoms with Crippen molar-refractivity contribution in [2.24, 2.45) is 5.92 Å². The number of aromatic nitrogens is 3. The minimum atomic E-state index is 0.249. The van der Waals surface area contributed by atoms with Gasteiger partial charge in [0.15, 0.2) is 0 Å². The molecular weight excluding hydrogens is 404 g/mol. The summed E-state index contributed by atoms with van der Waals surface area (Å²) in [6.45, 7) is 5.82. The maximum absolute atomic E-state index is 9.13. The van der Waals surface area contributed by atoms with Gasteiger partial charge in [-0.1, -0.05) is 0 Å². The van der Waals surface area contributed by atoms with Crippen LogP contribution in [-0.2, 0) is 4.74 Å². The van der Waals surface area contributed by atoms with E-state index in [4.69, 9.17) is 15.0 Å². The molecule has 32 heavy (non-hydrogen) atoms. The van der Waals surface area contributed by atoms with Crippen LogP contribution in [-0.4, -0.2) is 33.9 Å². The Hall–Kier alpha value is -3.61. The third kappa shape index (κ3) is 3.86. The molecule has 9 nitrogen and oxygen atoms in total. The molecule has 1 saturated heterocycles. The maximum Gasteiger partial charge on any atom is 0.101 e. The molecule has 5 heterocycles. The van der Waals surface area contributed by atoms with Gasteiger partial charge >= 0.3 is 0 Å². The average Bonchev–Trinajstić information content (AvgIpc) is 3.46. The normalized spacial score (nSPS) is 16.8. The Morgan fingerprint density at radius 2 is 2.06 bits per heavy atom. The molecule has 2 aliphatic heterocycles. The fraction of sp³-hybridized carbons (Fsp3) is 0.348. The lowest BCUT2D eigenvalue weighted by Gasteiger charge is -2.22. The van der Waals surface area contributed by atoms with E-state index in [0.29, 0.717) is 11.5 Å². The van der Waals surface area contributed by atoms with Crippen LogP contribution in [0.5, 0.6) is 0 Å². The fourth-order valence-electron chi connectivity index (χ4n) is 4.14. The third-order valence-corrected chi connectivity index (χ3v) is 5.73. The number of allylic oxidation sites excluding steroid dienone is 1. The second-order valence-electron chi connectivity index (χ2n) is 8.37. The molecule has 1 fully saturated rings. The van der Waals surface area contributed by atoms with E-state index in [1.54, 1.807) is 10.7 Å². The van der Waals surface area contributed by atoms with Crippen molar-refractivity contribution in [1.29, 1.82) is 5.26 Å². The first-order chi connectivity index (χ1) is 15.6. The summed E-state index contributed by atoms with van der Waals surface area (Å²) in [5.74, 6) is 0.464. The van der Waals surface area contributed by atoms with E-state index in [-0.39, 0.29) is 6.04 Å². The second kappa shape index (κ2) is 8.49. The number of anilines is 2. The summed E-state index contributed by atoms with van der Waals surface area (Å²) in [6, 6.07) is 10.2. The van der Waals surface area contributed by atoms with Gasteiger partial charge in [-0.3, -0.25) is 9.99 Å². The van der Waals surface area contributed by atoms with E-state index in [0.717, 1.165) is 54.3 Å². The molecule has 2 aliphatic rings. The van der Waals surface area contributed by atoms with E-state index in [9.17, 15) is 0 Å². The highest BCUT2D eigenvalue weighted by atomic mass is 16.5. The molecule has 0 radical (unpaired) electrons. The van der Waals surface area contributed by atoms with E-state index >= 15 is 0 Å². The Labute approximate surface area is 186 Å². The Kier molecular flexibility index (Phi) is 5.39. The summed E-state index contributed by atoms with van der Waals surface area (Å²) in [4.78, 5) is 4.74. The smallest absolute Gasteiger partial charge is 0.101 e. The topological polar surface area (TPSA) is 103 Å². The lowest BCUT2D eigenvalue weighted by molar-refractivity contribution is 0.0741. The van der Waals surface area contributed by atoms with Crippen molar-refractivity contribution in [1.82, 2.24) is 25.6 Å². The first-order valence-corrected chi connectivity index (χ1v) is 10.9. The van der Waals surface area contributed by atoms with Crippen LogP contribution in [0.25, 0.3) is 16.9 Å². The first-order valence-electron chi connectivity index (χ1n) is 10.9. The van der Waals surface area contributed by atoms with Crippen molar-refractivity contribution in [2.75, 3.05) is 23.5 Å². The van der Waals surface area contributed by atoms with Crippen LogP contribution >= 0.6 is 0 Å². The van der Waals surface area contributed by atoms with Crippen molar-refractivity contribution >= 4 is 16.9 Å². The number of hydrazine groups is 2. The van der Waals surface area contributed by atoms with Crippen LogP contribution in [0.3, 0.4) is 0 Å². The van der Waals surface area contributed by atoms with Crippen LogP contribution in [0.1, 0.15) is 32.3 Å². The van der Waals surface area contributed by atoms with Crippen molar-refractivity contribution in [3.8, 4) is 17.5 Å². The highest BCUT2D eigenvalue weighted by Gasteiger charge is 2.25. The summed E-state index contributed by atoms with van der Waals surface area (Å²) in [5, 5.41) is 19.1. The number of fused-ring (bicyclic) bond motifs is 1. The van der Waals surface area contributed by atoms with E-state index in [1.807, 2.05) is 35.5 Å². The molecule has 164 valence electrons. The number of nitriles is 1. The maximum atomic E-state index is 9.13. The quantitative estimate of drug-likeness (QED) is 0.567. The van der Waals surface area contributed by atoms with Crippen LogP contribution in [0, 0.1) is 17.2 Å². The molecule has 0 atom stereocenters. The summed E-state index contributed by atoms with van der Waals surface area (Å²) in [6.07, 6.45) is 7.58. The largest absolute Gasteiger partial charge is 0.381 e. The van der Waals surface area contributed by atoms with Gasteiger partial charge in [0.2, 0.25) is 0 Å². The highest BCUT2D eigenvalue weighted by molar-refractivity contribution is 5.76. The zero-order valence-electron chi connectivity index (χ0n) is 18.2.